The summed E-state index contributed by atoms with van der Waals surface area (Å²) in [5, 5.41) is 8.98. The number of amides is 1. The molecule has 120 valence electrons. The highest BCUT2D eigenvalue weighted by Gasteiger charge is 2.64. The van der Waals surface area contributed by atoms with Crippen LogP contribution in [0.1, 0.15) is 32.1 Å². The zero-order valence-electron chi connectivity index (χ0n) is 11.5. The maximum Gasteiger partial charge on any atom is 0.406 e. The fourth-order valence-corrected chi connectivity index (χ4v) is 3.23. The van der Waals surface area contributed by atoms with Gasteiger partial charge in [-0.3, -0.25) is 9.59 Å². The summed E-state index contributed by atoms with van der Waals surface area (Å²) in [6.45, 7) is -0.998. The van der Waals surface area contributed by atoms with Crippen LogP contribution in [0.25, 0.3) is 0 Å². The monoisotopic (exact) mass is 308 g/mol. The van der Waals surface area contributed by atoms with E-state index in [2.05, 4.69) is 0 Å². The lowest BCUT2D eigenvalue weighted by Crippen LogP contribution is -2.50. The molecule has 1 saturated heterocycles. The maximum absolute atomic E-state index is 13.1. The molecule has 0 aromatic rings. The van der Waals surface area contributed by atoms with Crippen molar-refractivity contribution in [2.24, 2.45) is 17.1 Å². The van der Waals surface area contributed by atoms with E-state index in [9.17, 15) is 22.8 Å². The van der Waals surface area contributed by atoms with Crippen LogP contribution in [-0.4, -0.2) is 47.2 Å². The molecule has 1 saturated carbocycles. The fourth-order valence-electron chi connectivity index (χ4n) is 3.23. The summed E-state index contributed by atoms with van der Waals surface area (Å²) < 4.78 is 39.2. The molecule has 0 spiro atoms. The molecule has 0 bridgehead atoms. The highest BCUT2D eigenvalue weighted by Crippen LogP contribution is 2.46. The third-order valence-electron chi connectivity index (χ3n) is 4.67. The highest BCUT2D eigenvalue weighted by molar-refractivity contribution is 5.83. The molecule has 1 amide bonds. The number of carbonyl (C=O) groups excluding carboxylic acids is 1. The van der Waals surface area contributed by atoms with E-state index in [1.54, 1.807) is 0 Å². The maximum atomic E-state index is 13.1. The highest BCUT2D eigenvalue weighted by atomic mass is 19.4. The van der Waals surface area contributed by atoms with E-state index in [-0.39, 0.29) is 12.6 Å². The first kappa shape index (κ1) is 16.1. The number of hydrogen-bond acceptors (Lipinski definition) is 3. The summed E-state index contributed by atoms with van der Waals surface area (Å²) in [4.78, 5) is 24.5. The number of likely N-dealkylation sites (tertiary alicyclic amines) is 1. The summed E-state index contributed by atoms with van der Waals surface area (Å²) in [6.07, 6.45) is -2.51. The molecule has 3 N–H and O–H groups in total. The van der Waals surface area contributed by atoms with Crippen molar-refractivity contribution in [1.29, 1.82) is 0 Å². The van der Waals surface area contributed by atoms with Crippen molar-refractivity contribution in [2.75, 3.05) is 13.1 Å². The molecule has 1 aliphatic carbocycles. The minimum absolute atomic E-state index is 0.187. The second-order valence-corrected chi connectivity index (χ2v) is 5.95. The summed E-state index contributed by atoms with van der Waals surface area (Å²) in [7, 11) is 0. The van der Waals surface area contributed by atoms with Crippen molar-refractivity contribution in [3.05, 3.63) is 0 Å². The van der Waals surface area contributed by atoms with Gasteiger partial charge in [-0.1, -0.05) is 12.8 Å². The first-order chi connectivity index (χ1) is 9.69. The Morgan fingerprint density at radius 2 is 1.86 bits per heavy atom. The fraction of sp³-hybridized carbons (Fsp3) is 0.846. The van der Waals surface area contributed by atoms with E-state index in [0.29, 0.717) is 12.8 Å². The van der Waals surface area contributed by atoms with Gasteiger partial charge in [-0.05, 0) is 19.3 Å². The van der Waals surface area contributed by atoms with Gasteiger partial charge in [0.15, 0.2) is 5.41 Å². The van der Waals surface area contributed by atoms with Crippen LogP contribution in [0.4, 0.5) is 13.2 Å². The molecule has 3 unspecified atom stereocenters. The van der Waals surface area contributed by atoms with Crippen molar-refractivity contribution in [3.63, 3.8) is 0 Å². The number of carboxylic acid groups (broad SMARTS) is 1. The van der Waals surface area contributed by atoms with E-state index in [0.717, 1.165) is 17.7 Å². The van der Waals surface area contributed by atoms with Gasteiger partial charge in [-0.25, -0.2) is 0 Å². The van der Waals surface area contributed by atoms with Gasteiger partial charge >= 0.3 is 12.1 Å². The molecular weight excluding hydrogens is 289 g/mol. The average molecular weight is 308 g/mol. The van der Waals surface area contributed by atoms with Crippen LogP contribution >= 0.6 is 0 Å². The smallest absolute Gasteiger partial charge is 0.406 e. The molecule has 5 nitrogen and oxygen atoms in total. The van der Waals surface area contributed by atoms with Crippen LogP contribution in [0, 0.1) is 11.3 Å². The van der Waals surface area contributed by atoms with E-state index >= 15 is 0 Å². The molecule has 0 aromatic heterocycles. The molecule has 8 heteroatoms. The molecule has 1 aliphatic heterocycles. The molecule has 3 atom stereocenters. The van der Waals surface area contributed by atoms with Crippen molar-refractivity contribution in [3.8, 4) is 0 Å². The number of rotatable bonds is 2. The molecule has 0 aromatic carbocycles. The van der Waals surface area contributed by atoms with Gasteiger partial charge in [-0.15, -0.1) is 0 Å². The van der Waals surface area contributed by atoms with E-state index in [4.69, 9.17) is 10.8 Å². The number of hydrogen-bond donors (Lipinski definition) is 2. The van der Waals surface area contributed by atoms with E-state index in [1.165, 1.54) is 0 Å². The Bertz CT molecular complexity index is 441. The molecule has 1 heterocycles. The van der Waals surface area contributed by atoms with E-state index in [1.807, 2.05) is 0 Å². The lowest BCUT2D eigenvalue weighted by molar-refractivity contribution is -0.227. The number of carbonyl (C=O) groups is 2. The second kappa shape index (κ2) is 5.47. The average Bonchev–Trinajstić information content (AvgIpc) is 2.84. The van der Waals surface area contributed by atoms with Crippen molar-refractivity contribution in [2.45, 2.75) is 44.3 Å². The van der Waals surface area contributed by atoms with Gasteiger partial charge in [0.1, 0.15) is 0 Å². The van der Waals surface area contributed by atoms with Crippen LogP contribution in [0.5, 0.6) is 0 Å². The summed E-state index contributed by atoms with van der Waals surface area (Å²) in [5.41, 5.74) is 3.03. The third kappa shape index (κ3) is 2.73. The molecule has 2 aliphatic rings. The lowest BCUT2D eigenvalue weighted by atomic mass is 9.84. The second-order valence-electron chi connectivity index (χ2n) is 5.95. The minimum atomic E-state index is -4.87. The predicted octanol–water partition coefficient (Wildman–Crippen LogP) is 1.37. The quantitative estimate of drug-likeness (QED) is 0.807. The third-order valence-corrected chi connectivity index (χ3v) is 4.67. The SMILES string of the molecule is NC1CCCCC1C(=O)N1CCC(C(=O)O)(C(F)(F)F)C1. The van der Waals surface area contributed by atoms with Crippen LogP contribution in [0.3, 0.4) is 0 Å². The number of alkyl halides is 3. The minimum Gasteiger partial charge on any atom is -0.481 e. The summed E-state index contributed by atoms with van der Waals surface area (Å²) in [6, 6.07) is -0.350. The Hall–Kier alpha value is -1.31. The molecule has 2 fully saturated rings. The van der Waals surface area contributed by atoms with Crippen LogP contribution in [0.15, 0.2) is 0 Å². The zero-order chi connectivity index (χ0) is 15.8. The molecule has 2 rings (SSSR count). The molecule has 21 heavy (non-hydrogen) atoms. The van der Waals surface area contributed by atoms with Gasteiger partial charge in [-0.2, -0.15) is 13.2 Å². The van der Waals surface area contributed by atoms with Gasteiger partial charge in [0.2, 0.25) is 5.91 Å². The van der Waals surface area contributed by atoms with Crippen molar-refractivity contribution in [1.82, 2.24) is 4.90 Å². The summed E-state index contributed by atoms with van der Waals surface area (Å²) >= 11 is 0. The topological polar surface area (TPSA) is 83.6 Å². The van der Waals surface area contributed by atoms with Gasteiger partial charge in [0.25, 0.3) is 0 Å². The Morgan fingerprint density at radius 1 is 1.24 bits per heavy atom. The van der Waals surface area contributed by atoms with Gasteiger partial charge < -0.3 is 15.7 Å². The first-order valence-corrected chi connectivity index (χ1v) is 7.03. The molecule has 0 radical (unpaired) electrons. The van der Waals surface area contributed by atoms with Crippen LogP contribution in [-0.2, 0) is 9.59 Å². The van der Waals surface area contributed by atoms with Gasteiger partial charge in [0.05, 0.1) is 5.92 Å². The number of carboxylic acids is 1. The Labute approximate surface area is 120 Å². The lowest BCUT2D eigenvalue weighted by Gasteiger charge is -2.32. The Balaban J connectivity index is 2.14. The zero-order valence-corrected chi connectivity index (χ0v) is 11.5. The standard InChI is InChI=1S/C13H19F3N2O3/c14-13(15,16)12(11(20)21)5-6-18(7-12)10(19)8-3-1-2-4-9(8)17/h8-9H,1-7,17H2,(H,20,21). The van der Waals surface area contributed by atoms with Crippen LogP contribution < -0.4 is 5.73 Å². The largest absolute Gasteiger partial charge is 0.481 e. The van der Waals surface area contributed by atoms with Crippen molar-refractivity contribution >= 4 is 11.9 Å². The first-order valence-electron chi connectivity index (χ1n) is 7.03. The van der Waals surface area contributed by atoms with E-state index < -0.39 is 42.4 Å². The number of nitrogens with two attached hydrogens (primary N) is 1. The van der Waals surface area contributed by atoms with Crippen LogP contribution in [0.2, 0.25) is 0 Å². The Morgan fingerprint density at radius 3 is 2.33 bits per heavy atom. The summed E-state index contributed by atoms with van der Waals surface area (Å²) in [5.74, 6) is -2.84. The molecular formula is C13H19F3N2O3. The number of halogens is 3. The van der Waals surface area contributed by atoms with Crippen molar-refractivity contribution < 1.29 is 27.9 Å². The van der Waals surface area contributed by atoms with Gasteiger partial charge in [0, 0.05) is 19.1 Å². The number of nitrogens with zero attached hydrogens (tertiary/aromatic N) is 1. The Kier molecular flexibility index (Phi) is 4.19. The normalized spacial score (nSPS) is 34.0. The predicted molar refractivity (Wildman–Crippen MR) is 67.3 cm³/mol. The number of aliphatic carboxylic acids is 1.